The molecule has 15 heavy (non-hydrogen) atoms. The van der Waals surface area contributed by atoms with Gasteiger partial charge in [0, 0.05) is 16.9 Å². The lowest BCUT2D eigenvalue weighted by Gasteiger charge is -2.03. The monoisotopic (exact) mass is 223 g/mol. The second-order valence-electron chi connectivity index (χ2n) is 2.77. The van der Waals surface area contributed by atoms with Crippen molar-refractivity contribution in [3.8, 4) is 0 Å². The van der Waals surface area contributed by atoms with Crippen LogP contribution in [-0.2, 0) is 6.42 Å². The van der Waals surface area contributed by atoms with E-state index in [1.54, 1.807) is 0 Å². The third kappa shape index (κ3) is 2.42. The second-order valence-corrected chi connectivity index (χ2v) is 2.77. The molecule has 0 aliphatic heterocycles. The Morgan fingerprint density at radius 1 is 1.13 bits per heavy atom. The molecule has 0 heterocycles. The van der Waals surface area contributed by atoms with Gasteiger partial charge in [-0.2, -0.15) is 0 Å². The predicted molar refractivity (Wildman–Crippen MR) is 41.8 cm³/mol. The van der Waals surface area contributed by atoms with Crippen molar-refractivity contribution in [3.05, 3.63) is 45.0 Å². The minimum Gasteiger partial charge on any atom is -0.265 e. The average molecular weight is 223 g/mol. The van der Waals surface area contributed by atoms with Crippen LogP contribution < -0.4 is 0 Å². The van der Waals surface area contributed by atoms with E-state index in [0.717, 1.165) is 0 Å². The van der Waals surface area contributed by atoms with E-state index in [4.69, 9.17) is 0 Å². The Kier molecular flexibility index (Phi) is 3.23. The Morgan fingerprint density at radius 2 is 1.73 bits per heavy atom. The van der Waals surface area contributed by atoms with Gasteiger partial charge < -0.3 is 0 Å². The molecule has 0 bridgehead atoms. The van der Waals surface area contributed by atoms with Crippen LogP contribution in [-0.4, -0.2) is 11.5 Å². The summed E-state index contributed by atoms with van der Waals surface area (Å²) in [5.41, 5.74) is -0.553. The maximum Gasteiger partial charge on any atom is 0.208 e. The van der Waals surface area contributed by atoms with Crippen molar-refractivity contribution in [2.24, 2.45) is 0 Å². The zero-order valence-electron chi connectivity index (χ0n) is 7.27. The lowest BCUT2D eigenvalue weighted by molar-refractivity contribution is -0.479. The maximum atomic E-state index is 12.9. The van der Waals surface area contributed by atoms with Crippen molar-refractivity contribution in [1.82, 2.24) is 0 Å². The smallest absolute Gasteiger partial charge is 0.208 e. The Balaban J connectivity index is 3.04. The molecule has 1 aromatic rings. The van der Waals surface area contributed by atoms with Crippen molar-refractivity contribution < 1.29 is 22.5 Å². The SMILES string of the molecule is O=[N+]([O-])CCc1cc(F)c(F)c(F)c1F. The fourth-order valence-electron chi connectivity index (χ4n) is 1.02. The van der Waals surface area contributed by atoms with Crippen LogP contribution in [0.1, 0.15) is 5.56 Å². The molecule has 0 amide bonds. The van der Waals surface area contributed by atoms with Gasteiger partial charge in [-0.25, -0.2) is 17.6 Å². The van der Waals surface area contributed by atoms with E-state index in [0.29, 0.717) is 6.07 Å². The molecule has 0 unspecified atom stereocenters. The van der Waals surface area contributed by atoms with Crippen molar-refractivity contribution in [3.63, 3.8) is 0 Å². The summed E-state index contributed by atoms with van der Waals surface area (Å²) in [5.74, 6) is -7.02. The molecule has 0 aliphatic rings. The van der Waals surface area contributed by atoms with Gasteiger partial charge in [-0.15, -0.1) is 0 Å². The Morgan fingerprint density at radius 3 is 2.27 bits per heavy atom. The summed E-state index contributed by atoms with van der Waals surface area (Å²) in [6.45, 7) is -0.679. The molecule has 0 N–H and O–H groups in total. The molecule has 0 aliphatic carbocycles. The maximum absolute atomic E-state index is 12.9. The van der Waals surface area contributed by atoms with E-state index in [9.17, 15) is 27.7 Å². The molecule has 1 rings (SSSR count). The molecule has 1 aromatic carbocycles. The Labute approximate surface area is 81.5 Å². The minimum atomic E-state index is -1.95. The van der Waals surface area contributed by atoms with Gasteiger partial charge in [-0.3, -0.25) is 10.1 Å². The number of nitrogens with zero attached hydrogens (tertiary/aromatic N) is 1. The van der Waals surface area contributed by atoms with E-state index in [2.05, 4.69) is 0 Å². The molecule has 0 atom stereocenters. The van der Waals surface area contributed by atoms with Crippen molar-refractivity contribution in [2.75, 3.05) is 6.54 Å². The molecule has 0 radical (unpaired) electrons. The van der Waals surface area contributed by atoms with E-state index in [1.807, 2.05) is 0 Å². The Hall–Kier alpha value is -1.66. The number of halogens is 4. The number of hydrogen-bond acceptors (Lipinski definition) is 2. The first-order valence-corrected chi connectivity index (χ1v) is 3.87. The molecule has 0 spiro atoms. The summed E-state index contributed by atoms with van der Waals surface area (Å²) in [5, 5.41) is 9.94. The van der Waals surface area contributed by atoms with E-state index in [-0.39, 0.29) is 0 Å². The predicted octanol–water partition coefficient (Wildman–Crippen LogP) is 2.06. The van der Waals surface area contributed by atoms with Crippen LogP contribution in [0.25, 0.3) is 0 Å². The summed E-state index contributed by atoms with van der Waals surface area (Å²) in [4.78, 5) is 9.18. The van der Waals surface area contributed by atoms with Crippen LogP contribution in [0.3, 0.4) is 0 Å². The van der Waals surface area contributed by atoms with Gasteiger partial charge in [-0.1, -0.05) is 0 Å². The van der Waals surface area contributed by atoms with Gasteiger partial charge in [-0.05, 0) is 6.07 Å². The van der Waals surface area contributed by atoms with Crippen LogP contribution >= 0.6 is 0 Å². The van der Waals surface area contributed by atoms with Crippen LogP contribution in [0.5, 0.6) is 0 Å². The molecule has 82 valence electrons. The lowest BCUT2D eigenvalue weighted by atomic mass is 10.1. The quantitative estimate of drug-likeness (QED) is 0.259. The summed E-state index contributed by atoms with van der Waals surface area (Å²) < 4.78 is 50.5. The first kappa shape index (κ1) is 11.4. The van der Waals surface area contributed by atoms with Crippen LogP contribution in [0, 0.1) is 33.4 Å². The number of nitro groups is 1. The van der Waals surface area contributed by atoms with Crippen LogP contribution in [0.2, 0.25) is 0 Å². The van der Waals surface area contributed by atoms with E-state index >= 15 is 0 Å². The first-order valence-electron chi connectivity index (χ1n) is 3.87. The van der Waals surface area contributed by atoms with Gasteiger partial charge in [0.05, 0.1) is 0 Å². The third-order valence-electron chi connectivity index (χ3n) is 1.74. The second kappa shape index (κ2) is 4.24. The highest BCUT2D eigenvalue weighted by Gasteiger charge is 2.19. The summed E-state index contributed by atoms with van der Waals surface area (Å²) in [6, 6.07) is 0.414. The van der Waals surface area contributed by atoms with E-state index in [1.165, 1.54) is 0 Å². The molecule has 3 nitrogen and oxygen atoms in total. The van der Waals surface area contributed by atoms with Gasteiger partial charge in [0.15, 0.2) is 23.3 Å². The fourth-order valence-corrected chi connectivity index (χ4v) is 1.02. The van der Waals surface area contributed by atoms with Crippen LogP contribution in [0.15, 0.2) is 6.07 Å². The van der Waals surface area contributed by atoms with Gasteiger partial charge in [0.25, 0.3) is 0 Å². The molecular weight excluding hydrogens is 218 g/mol. The highest BCUT2D eigenvalue weighted by atomic mass is 19.2. The minimum absolute atomic E-state index is 0.414. The molecule has 0 saturated carbocycles. The number of benzene rings is 1. The van der Waals surface area contributed by atoms with Crippen molar-refractivity contribution in [1.29, 1.82) is 0 Å². The van der Waals surface area contributed by atoms with Crippen molar-refractivity contribution in [2.45, 2.75) is 6.42 Å². The molecule has 7 heteroatoms. The summed E-state index contributed by atoms with van der Waals surface area (Å²) in [6.07, 6.45) is -0.493. The summed E-state index contributed by atoms with van der Waals surface area (Å²) in [7, 11) is 0. The average Bonchev–Trinajstić information content (AvgIpc) is 2.18. The zero-order chi connectivity index (χ0) is 11.6. The molecule has 0 fully saturated rings. The number of rotatable bonds is 3. The summed E-state index contributed by atoms with van der Waals surface area (Å²) >= 11 is 0. The topological polar surface area (TPSA) is 43.1 Å². The third-order valence-corrected chi connectivity index (χ3v) is 1.74. The normalized spacial score (nSPS) is 10.4. The molecule has 0 aromatic heterocycles. The van der Waals surface area contributed by atoms with E-state index < -0.39 is 46.7 Å². The number of hydrogen-bond donors (Lipinski definition) is 0. The zero-order valence-corrected chi connectivity index (χ0v) is 7.27. The standard InChI is InChI=1S/C8H5F4NO2/c9-5-3-4(1-2-13(14)15)6(10)8(12)7(5)11/h3H,1-2H2. The highest BCUT2D eigenvalue weighted by molar-refractivity contribution is 5.21. The van der Waals surface area contributed by atoms with Crippen LogP contribution in [0.4, 0.5) is 17.6 Å². The van der Waals surface area contributed by atoms with Gasteiger partial charge in [0.2, 0.25) is 6.54 Å². The van der Waals surface area contributed by atoms with Crippen molar-refractivity contribution >= 4 is 0 Å². The Bertz CT molecular complexity index is 408. The molecule has 0 saturated heterocycles. The van der Waals surface area contributed by atoms with Gasteiger partial charge in [0.1, 0.15) is 0 Å². The first-order chi connectivity index (χ1) is 6.93. The molecular formula is C8H5F4NO2. The largest absolute Gasteiger partial charge is 0.265 e. The lowest BCUT2D eigenvalue weighted by Crippen LogP contribution is -2.08. The highest BCUT2D eigenvalue weighted by Crippen LogP contribution is 2.18. The van der Waals surface area contributed by atoms with Gasteiger partial charge >= 0.3 is 0 Å². The fraction of sp³-hybridized carbons (Fsp3) is 0.250.